The number of aryl methyl sites for hydroxylation is 1. The highest BCUT2D eigenvalue weighted by Gasteiger charge is 2.18. The largest absolute Gasteiger partial charge is 0.390 e. The van der Waals surface area contributed by atoms with E-state index in [9.17, 15) is 25.0 Å². The van der Waals surface area contributed by atoms with Crippen LogP contribution < -0.4 is 5.32 Å². The average Bonchev–Trinajstić information content (AvgIpc) is 3.09. The molecule has 0 unspecified atom stereocenters. The SMILES string of the molecule is Cc1cc([N+](=O)[O-])nn1CC(=O)Nc1nc2ccc([N+](=O)[O-])cc2s1. The molecule has 0 saturated carbocycles. The molecule has 11 nitrogen and oxygen atoms in total. The lowest BCUT2D eigenvalue weighted by Crippen LogP contribution is -2.20. The summed E-state index contributed by atoms with van der Waals surface area (Å²) in [5.74, 6) is -0.799. The minimum absolute atomic E-state index is 0.0616. The molecule has 3 aromatic rings. The van der Waals surface area contributed by atoms with Crippen molar-refractivity contribution in [3.63, 3.8) is 0 Å². The number of nitro benzene ring substituents is 1. The predicted octanol–water partition coefficient (Wildman–Crippen LogP) is 2.26. The van der Waals surface area contributed by atoms with Gasteiger partial charge in [-0.25, -0.2) is 4.98 Å². The second-order valence-electron chi connectivity index (χ2n) is 5.04. The molecule has 1 aromatic carbocycles. The maximum atomic E-state index is 12.1. The summed E-state index contributed by atoms with van der Waals surface area (Å²) in [6.45, 7) is 1.39. The number of nitro groups is 2. The topological polar surface area (TPSA) is 146 Å². The number of hydrogen-bond donors (Lipinski definition) is 1. The molecule has 25 heavy (non-hydrogen) atoms. The van der Waals surface area contributed by atoms with Gasteiger partial charge in [-0.2, -0.15) is 4.68 Å². The van der Waals surface area contributed by atoms with Gasteiger partial charge in [0.1, 0.15) is 6.54 Å². The Kier molecular flexibility index (Phi) is 4.10. The predicted molar refractivity (Wildman–Crippen MR) is 88.5 cm³/mol. The first kappa shape index (κ1) is 16.4. The maximum Gasteiger partial charge on any atom is 0.390 e. The van der Waals surface area contributed by atoms with E-state index in [1.165, 1.54) is 28.9 Å². The summed E-state index contributed by atoms with van der Waals surface area (Å²) in [6.07, 6.45) is 0. The van der Waals surface area contributed by atoms with E-state index in [0.717, 1.165) is 11.3 Å². The number of anilines is 1. The van der Waals surface area contributed by atoms with E-state index in [2.05, 4.69) is 15.4 Å². The number of carbonyl (C=O) groups excluding carboxylic acids is 1. The highest BCUT2D eigenvalue weighted by molar-refractivity contribution is 7.22. The fraction of sp³-hybridized carbons (Fsp3) is 0.154. The number of aromatic nitrogens is 3. The molecule has 3 rings (SSSR count). The molecule has 2 aromatic heterocycles. The van der Waals surface area contributed by atoms with Crippen molar-refractivity contribution in [1.82, 2.24) is 14.8 Å². The fourth-order valence-corrected chi connectivity index (χ4v) is 3.03. The summed E-state index contributed by atoms with van der Waals surface area (Å²) < 4.78 is 1.78. The standard InChI is InChI=1S/C13H10N6O5S/c1-7-4-11(19(23)24)16-17(7)6-12(20)15-13-14-9-3-2-8(18(21)22)5-10(9)25-13/h2-5H,6H2,1H3,(H,14,15,20). The van der Waals surface area contributed by atoms with Gasteiger partial charge in [0.05, 0.1) is 32.0 Å². The van der Waals surface area contributed by atoms with E-state index in [4.69, 9.17) is 0 Å². The van der Waals surface area contributed by atoms with E-state index in [1.807, 2.05) is 0 Å². The van der Waals surface area contributed by atoms with Crippen LogP contribution in [0.25, 0.3) is 10.2 Å². The summed E-state index contributed by atoms with van der Waals surface area (Å²) >= 11 is 1.10. The van der Waals surface area contributed by atoms with Crippen molar-refractivity contribution in [2.45, 2.75) is 13.5 Å². The Hall–Kier alpha value is -3.41. The Bertz CT molecular complexity index is 1010. The summed E-state index contributed by atoms with van der Waals surface area (Å²) in [7, 11) is 0. The molecule has 0 aliphatic carbocycles. The monoisotopic (exact) mass is 362 g/mol. The molecule has 12 heteroatoms. The smallest absolute Gasteiger partial charge is 0.358 e. The Morgan fingerprint density at radius 3 is 2.68 bits per heavy atom. The van der Waals surface area contributed by atoms with Gasteiger partial charge in [0, 0.05) is 12.1 Å². The molecular formula is C13H10N6O5S. The van der Waals surface area contributed by atoms with Crippen molar-refractivity contribution < 1.29 is 14.6 Å². The Labute approximate surface area is 143 Å². The van der Waals surface area contributed by atoms with Crippen molar-refractivity contribution in [3.05, 3.63) is 50.2 Å². The third-order valence-electron chi connectivity index (χ3n) is 3.28. The quantitative estimate of drug-likeness (QED) is 0.541. The van der Waals surface area contributed by atoms with Crippen molar-refractivity contribution in [2.24, 2.45) is 0 Å². The van der Waals surface area contributed by atoms with Gasteiger partial charge >= 0.3 is 5.82 Å². The van der Waals surface area contributed by atoms with Crippen molar-refractivity contribution in [2.75, 3.05) is 5.32 Å². The lowest BCUT2D eigenvalue weighted by molar-refractivity contribution is -0.389. The number of carbonyl (C=O) groups is 1. The first-order chi connectivity index (χ1) is 11.8. The number of hydrogen-bond acceptors (Lipinski definition) is 8. The van der Waals surface area contributed by atoms with Gasteiger partial charge in [0.2, 0.25) is 5.91 Å². The highest BCUT2D eigenvalue weighted by atomic mass is 32.1. The van der Waals surface area contributed by atoms with Gasteiger partial charge in [-0.15, -0.1) is 0 Å². The van der Waals surface area contributed by atoms with Crippen LogP contribution in [0, 0.1) is 27.2 Å². The first-order valence-corrected chi connectivity index (χ1v) is 7.69. The molecule has 0 spiro atoms. The van der Waals surface area contributed by atoms with Gasteiger partial charge in [-0.3, -0.25) is 14.9 Å². The highest BCUT2D eigenvalue weighted by Crippen LogP contribution is 2.29. The molecule has 0 fully saturated rings. The second kappa shape index (κ2) is 6.24. The molecule has 0 radical (unpaired) electrons. The molecule has 1 amide bonds. The molecule has 0 atom stereocenters. The molecular weight excluding hydrogens is 352 g/mol. The summed E-state index contributed by atoms with van der Waals surface area (Å²) in [4.78, 5) is 36.6. The lowest BCUT2D eigenvalue weighted by atomic mass is 10.3. The molecule has 0 bridgehead atoms. The number of nitrogens with one attached hydrogen (secondary N) is 1. The molecule has 1 N–H and O–H groups in total. The number of non-ortho nitro benzene ring substituents is 1. The van der Waals surface area contributed by atoms with Crippen LogP contribution in [0.1, 0.15) is 5.69 Å². The summed E-state index contributed by atoms with van der Waals surface area (Å²) in [5, 5.41) is 28.0. The average molecular weight is 362 g/mol. The zero-order valence-electron chi connectivity index (χ0n) is 12.7. The van der Waals surface area contributed by atoms with Gasteiger partial charge in [0.15, 0.2) is 5.13 Å². The van der Waals surface area contributed by atoms with Crippen LogP contribution in [-0.2, 0) is 11.3 Å². The van der Waals surface area contributed by atoms with Crippen molar-refractivity contribution in [3.8, 4) is 0 Å². The Balaban J connectivity index is 1.75. The molecule has 128 valence electrons. The number of thiazole rings is 1. The van der Waals surface area contributed by atoms with Crippen LogP contribution in [0.4, 0.5) is 16.6 Å². The van der Waals surface area contributed by atoms with Crippen LogP contribution in [0.3, 0.4) is 0 Å². The van der Waals surface area contributed by atoms with Gasteiger partial charge in [-0.05, 0) is 17.9 Å². The number of benzene rings is 1. The number of nitrogens with zero attached hydrogens (tertiary/aromatic N) is 5. The zero-order chi connectivity index (χ0) is 18.1. The number of amides is 1. The minimum atomic E-state index is -0.637. The third-order valence-corrected chi connectivity index (χ3v) is 4.21. The van der Waals surface area contributed by atoms with E-state index in [1.54, 1.807) is 6.92 Å². The lowest BCUT2D eigenvalue weighted by Gasteiger charge is -2.00. The third kappa shape index (κ3) is 3.42. The van der Waals surface area contributed by atoms with Crippen molar-refractivity contribution >= 4 is 44.1 Å². The van der Waals surface area contributed by atoms with Crippen LogP contribution >= 0.6 is 11.3 Å². The van der Waals surface area contributed by atoms with E-state index < -0.39 is 15.8 Å². The van der Waals surface area contributed by atoms with Gasteiger partial charge < -0.3 is 15.4 Å². The fourth-order valence-electron chi connectivity index (χ4n) is 2.12. The molecule has 0 aliphatic heterocycles. The van der Waals surface area contributed by atoms with Crippen LogP contribution in [0.15, 0.2) is 24.3 Å². The minimum Gasteiger partial charge on any atom is -0.358 e. The van der Waals surface area contributed by atoms with E-state index in [-0.39, 0.29) is 23.2 Å². The van der Waals surface area contributed by atoms with Crippen molar-refractivity contribution in [1.29, 1.82) is 0 Å². The second-order valence-corrected chi connectivity index (χ2v) is 6.07. The summed E-state index contributed by atoms with van der Waals surface area (Å²) in [6, 6.07) is 5.48. The summed E-state index contributed by atoms with van der Waals surface area (Å²) in [5.41, 5.74) is 0.937. The first-order valence-electron chi connectivity index (χ1n) is 6.87. The Morgan fingerprint density at radius 1 is 1.28 bits per heavy atom. The Morgan fingerprint density at radius 2 is 2.04 bits per heavy atom. The zero-order valence-corrected chi connectivity index (χ0v) is 13.5. The van der Waals surface area contributed by atoms with E-state index in [0.29, 0.717) is 15.9 Å². The maximum absolute atomic E-state index is 12.1. The van der Waals surface area contributed by atoms with Crippen LogP contribution in [0.5, 0.6) is 0 Å². The number of rotatable bonds is 5. The van der Waals surface area contributed by atoms with E-state index >= 15 is 0 Å². The van der Waals surface area contributed by atoms with Gasteiger partial charge in [0.25, 0.3) is 5.69 Å². The molecule has 2 heterocycles. The molecule has 0 aliphatic rings. The van der Waals surface area contributed by atoms with Crippen LogP contribution in [0.2, 0.25) is 0 Å². The van der Waals surface area contributed by atoms with Crippen LogP contribution in [-0.4, -0.2) is 30.5 Å². The molecule has 0 saturated heterocycles. The number of fused-ring (bicyclic) bond motifs is 1. The normalized spacial score (nSPS) is 10.8. The van der Waals surface area contributed by atoms with Gasteiger partial charge in [-0.1, -0.05) is 11.3 Å².